The van der Waals surface area contributed by atoms with Gasteiger partial charge < -0.3 is 10.1 Å². The van der Waals surface area contributed by atoms with Crippen LogP contribution in [0.15, 0.2) is 34.9 Å². The molecule has 7 heteroatoms. The van der Waals surface area contributed by atoms with Crippen LogP contribution in [0.2, 0.25) is 0 Å². The Morgan fingerprint density at radius 2 is 2.17 bits per heavy atom. The second-order valence-electron chi connectivity index (χ2n) is 5.87. The third-order valence-electron chi connectivity index (χ3n) is 4.06. The van der Waals surface area contributed by atoms with Crippen LogP contribution < -0.4 is 5.32 Å². The van der Waals surface area contributed by atoms with E-state index in [4.69, 9.17) is 4.74 Å². The van der Waals surface area contributed by atoms with Crippen LogP contribution in [-0.2, 0) is 22.6 Å². The minimum Gasteiger partial charge on any atom is -0.379 e. The number of amides is 1. The molecule has 0 atom stereocenters. The predicted octanol–water partition coefficient (Wildman–Crippen LogP) is 2.42. The van der Waals surface area contributed by atoms with Gasteiger partial charge in [0, 0.05) is 25.3 Å². The average molecular weight is 393 g/mol. The predicted molar refractivity (Wildman–Crippen MR) is 95.8 cm³/mol. The van der Waals surface area contributed by atoms with Crippen LogP contribution in [0.5, 0.6) is 0 Å². The van der Waals surface area contributed by atoms with Crippen molar-refractivity contribution in [1.82, 2.24) is 14.7 Å². The summed E-state index contributed by atoms with van der Waals surface area (Å²) in [4.78, 5) is 14.6. The molecule has 0 bridgehead atoms. The highest BCUT2D eigenvalue weighted by Gasteiger charge is 2.12. The van der Waals surface area contributed by atoms with E-state index >= 15 is 0 Å². The van der Waals surface area contributed by atoms with E-state index in [1.807, 2.05) is 25.1 Å². The van der Waals surface area contributed by atoms with Crippen molar-refractivity contribution in [1.29, 1.82) is 0 Å². The Balaban J connectivity index is 1.59. The quantitative estimate of drug-likeness (QED) is 0.848. The number of hydrogen-bond donors (Lipinski definition) is 1. The summed E-state index contributed by atoms with van der Waals surface area (Å²) in [7, 11) is 0. The zero-order chi connectivity index (χ0) is 16.9. The van der Waals surface area contributed by atoms with Gasteiger partial charge in [-0.1, -0.05) is 12.1 Å². The Kier molecular flexibility index (Phi) is 5.65. The smallest absolute Gasteiger partial charge is 0.246 e. The lowest BCUT2D eigenvalue weighted by molar-refractivity contribution is -0.116. The first-order valence-electron chi connectivity index (χ1n) is 7.98. The number of ether oxygens (including phenoxy) is 1. The fourth-order valence-electron chi connectivity index (χ4n) is 2.68. The molecule has 2 aromatic rings. The Morgan fingerprint density at radius 3 is 2.88 bits per heavy atom. The first-order chi connectivity index (χ1) is 11.6. The lowest BCUT2D eigenvalue weighted by Gasteiger charge is -2.26. The number of halogens is 1. The van der Waals surface area contributed by atoms with Gasteiger partial charge in [-0.3, -0.25) is 14.4 Å². The summed E-state index contributed by atoms with van der Waals surface area (Å²) in [6.45, 7) is 6.47. The number of morpholine rings is 1. The molecule has 0 saturated carbocycles. The second-order valence-corrected chi connectivity index (χ2v) is 6.73. The van der Waals surface area contributed by atoms with Crippen molar-refractivity contribution < 1.29 is 9.53 Å². The molecule has 1 aliphatic rings. The molecule has 128 valence electrons. The maximum absolute atomic E-state index is 12.2. The molecule has 24 heavy (non-hydrogen) atoms. The third kappa shape index (κ3) is 4.43. The molecular formula is C17H21BrN4O2. The molecule has 6 nitrogen and oxygen atoms in total. The number of carbonyl (C=O) groups is 1. The fraction of sp³-hybridized carbons (Fsp3) is 0.412. The molecule has 1 aromatic heterocycles. The highest BCUT2D eigenvalue weighted by Crippen LogP contribution is 2.16. The zero-order valence-corrected chi connectivity index (χ0v) is 15.3. The molecule has 3 rings (SSSR count). The lowest BCUT2D eigenvalue weighted by atomic mass is 10.2. The molecule has 1 aromatic carbocycles. The van der Waals surface area contributed by atoms with Gasteiger partial charge >= 0.3 is 0 Å². The van der Waals surface area contributed by atoms with Gasteiger partial charge in [-0.2, -0.15) is 5.10 Å². The molecule has 1 N–H and O–H groups in total. The summed E-state index contributed by atoms with van der Waals surface area (Å²) >= 11 is 3.40. The van der Waals surface area contributed by atoms with E-state index in [0.29, 0.717) is 0 Å². The van der Waals surface area contributed by atoms with E-state index < -0.39 is 0 Å². The molecule has 0 aliphatic carbocycles. The molecule has 0 radical (unpaired) electrons. The molecule has 1 aliphatic heterocycles. The fourth-order valence-corrected chi connectivity index (χ4v) is 2.98. The van der Waals surface area contributed by atoms with E-state index in [-0.39, 0.29) is 12.5 Å². The third-order valence-corrected chi connectivity index (χ3v) is 4.84. The van der Waals surface area contributed by atoms with Gasteiger partial charge in [0.05, 0.1) is 29.6 Å². The van der Waals surface area contributed by atoms with Crippen LogP contribution in [0, 0.1) is 6.92 Å². The highest BCUT2D eigenvalue weighted by molar-refractivity contribution is 9.10. The van der Waals surface area contributed by atoms with Crippen molar-refractivity contribution in [2.45, 2.75) is 20.0 Å². The summed E-state index contributed by atoms with van der Waals surface area (Å²) in [6, 6.07) is 7.99. The first kappa shape index (κ1) is 17.1. The van der Waals surface area contributed by atoms with Crippen molar-refractivity contribution in [2.75, 3.05) is 31.6 Å². The van der Waals surface area contributed by atoms with Crippen molar-refractivity contribution in [3.05, 3.63) is 46.2 Å². The number of aromatic nitrogens is 2. The van der Waals surface area contributed by atoms with Crippen LogP contribution in [0.25, 0.3) is 0 Å². The van der Waals surface area contributed by atoms with Crippen LogP contribution in [0.3, 0.4) is 0 Å². The van der Waals surface area contributed by atoms with Crippen molar-refractivity contribution in [3.8, 4) is 0 Å². The van der Waals surface area contributed by atoms with E-state index in [2.05, 4.69) is 37.3 Å². The largest absolute Gasteiger partial charge is 0.379 e. The van der Waals surface area contributed by atoms with Crippen molar-refractivity contribution in [3.63, 3.8) is 0 Å². The Labute approximate surface area is 149 Å². The van der Waals surface area contributed by atoms with E-state index in [1.165, 1.54) is 5.56 Å². The number of hydrogen-bond acceptors (Lipinski definition) is 4. The van der Waals surface area contributed by atoms with Gasteiger partial charge in [-0.05, 0) is 40.5 Å². The van der Waals surface area contributed by atoms with Crippen LogP contribution in [-0.4, -0.2) is 46.9 Å². The summed E-state index contributed by atoms with van der Waals surface area (Å²) in [6.07, 6.45) is 1.70. The van der Waals surface area contributed by atoms with Gasteiger partial charge in [-0.15, -0.1) is 0 Å². The molecule has 0 spiro atoms. The van der Waals surface area contributed by atoms with E-state index in [1.54, 1.807) is 10.9 Å². The molecule has 1 saturated heterocycles. The maximum atomic E-state index is 12.2. The Hall–Kier alpha value is -1.70. The monoisotopic (exact) mass is 392 g/mol. The van der Waals surface area contributed by atoms with Gasteiger partial charge in [0.1, 0.15) is 6.54 Å². The topological polar surface area (TPSA) is 59.4 Å². The van der Waals surface area contributed by atoms with Crippen molar-refractivity contribution >= 4 is 27.5 Å². The zero-order valence-electron chi connectivity index (χ0n) is 13.7. The maximum Gasteiger partial charge on any atom is 0.246 e. The normalized spacial score (nSPS) is 15.4. The summed E-state index contributed by atoms with van der Waals surface area (Å²) < 4.78 is 7.95. The molecule has 2 heterocycles. The summed E-state index contributed by atoms with van der Waals surface area (Å²) in [5.41, 5.74) is 2.94. The van der Waals surface area contributed by atoms with Gasteiger partial charge in [0.15, 0.2) is 0 Å². The number of anilines is 1. The van der Waals surface area contributed by atoms with E-state index in [0.717, 1.165) is 48.7 Å². The number of nitrogens with one attached hydrogen (secondary N) is 1. The molecular weight excluding hydrogens is 372 g/mol. The second kappa shape index (κ2) is 7.92. The Morgan fingerprint density at radius 1 is 1.38 bits per heavy atom. The number of carbonyl (C=O) groups excluding carboxylic acids is 1. The molecule has 0 unspecified atom stereocenters. The van der Waals surface area contributed by atoms with Gasteiger partial charge in [-0.25, -0.2) is 0 Å². The SMILES string of the molecule is Cc1c(Br)cnn1CC(=O)Nc1cccc(CN2CCOCC2)c1. The summed E-state index contributed by atoms with van der Waals surface area (Å²) in [5, 5.41) is 7.13. The summed E-state index contributed by atoms with van der Waals surface area (Å²) in [5.74, 6) is -0.0859. The van der Waals surface area contributed by atoms with Crippen LogP contribution >= 0.6 is 15.9 Å². The molecule has 1 amide bonds. The van der Waals surface area contributed by atoms with Gasteiger partial charge in [0.2, 0.25) is 5.91 Å². The minimum atomic E-state index is -0.0859. The Bertz CT molecular complexity index is 710. The van der Waals surface area contributed by atoms with E-state index in [9.17, 15) is 4.79 Å². The number of rotatable bonds is 5. The lowest BCUT2D eigenvalue weighted by Crippen LogP contribution is -2.35. The number of benzene rings is 1. The first-order valence-corrected chi connectivity index (χ1v) is 8.78. The van der Waals surface area contributed by atoms with Crippen LogP contribution in [0.4, 0.5) is 5.69 Å². The van der Waals surface area contributed by atoms with Gasteiger partial charge in [0.25, 0.3) is 0 Å². The highest BCUT2D eigenvalue weighted by atomic mass is 79.9. The molecule has 1 fully saturated rings. The van der Waals surface area contributed by atoms with Crippen LogP contribution in [0.1, 0.15) is 11.3 Å². The average Bonchev–Trinajstić information content (AvgIpc) is 2.88. The number of nitrogens with zero attached hydrogens (tertiary/aromatic N) is 3. The van der Waals surface area contributed by atoms with Crippen molar-refractivity contribution in [2.24, 2.45) is 0 Å². The minimum absolute atomic E-state index is 0.0859. The standard InChI is InChI=1S/C17H21BrN4O2/c1-13-16(18)10-19-22(13)12-17(23)20-15-4-2-3-14(9-15)11-21-5-7-24-8-6-21/h2-4,9-10H,5-8,11-12H2,1H3,(H,20,23).